The number of rotatable bonds is 8. The van der Waals surface area contributed by atoms with Gasteiger partial charge in [0.05, 0.1) is 12.2 Å². The van der Waals surface area contributed by atoms with Gasteiger partial charge in [-0.05, 0) is 42.8 Å². The van der Waals surface area contributed by atoms with Crippen LogP contribution in [0.1, 0.15) is 18.9 Å². The van der Waals surface area contributed by atoms with Gasteiger partial charge in [-0.1, -0.05) is 19.1 Å². The third-order valence-electron chi connectivity index (χ3n) is 2.91. The first-order valence-electron chi connectivity index (χ1n) is 7.31. The van der Waals surface area contributed by atoms with E-state index < -0.39 is 0 Å². The van der Waals surface area contributed by atoms with Crippen LogP contribution in [0.15, 0.2) is 48.5 Å². The van der Waals surface area contributed by atoms with Crippen LogP contribution >= 0.6 is 0 Å². The minimum Gasteiger partial charge on any atom is -0.494 e. The highest BCUT2D eigenvalue weighted by molar-refractivity contribution is 5.42. The zero-order chi connectivity index (χ0) is 15.6. The molecule has 0 N–H and O–H groups in total. The SMILES string of the molecule is CCCOc1ccc(OCCOc2ccccc2C#N)cc1. The lowest BCUT2D eigenvalue weighted by Gasteiger charge is -2.10. The first-order valence-corrected chi connectivity index (χ1v) is 7.31. The molecule has 22 heavy (non-hydrogen) atoms. The Kier molecular flexibility index (Phi) is 6.13. The van der Waals surface area contributed by atoms with Gasteiger partial charge in [-0.15, -0.1) is 0 Å². The van der Waals surface area contributed by atoms with E-state index in [0.29, 0.717) is 31.1 Å². The molecule has 0 bridgehead atoms. The van der Waals surface area contributed by atoms with Gasteiger partial charge in [0.1, 0.15) is 36.5 Å². The lowest BCUT2D eigenvalue weighted by Crippen LogP contribution is -2.09. The lowest BCUT2D eigenvalue weighted by molar-refractivity contribution is 0.216. The van der Waals surface area contributed by atoms with Crippen molar-refractivity contribution in [2.75, 3.05) is 19.8 Å². The van der Waals surface area contributed by atoms with Crippen LogP contribution in [0.3, 0.4) is 0 Å². The van der Waals surface area contributed by atoms with Gasteiger partial charge in [0.25, 0.3) is 0 Å². The molecule has 0 radical (unpaired) electrons. The summed E-state index contributed by atoms with van der Waals surface area (Å²) in [6.45, 7) is 3.58. The smallest absolute Gasteiger partial charge is 0.137 e. The van der Waals surface area contributed by atoms with Gasteiger partial charge in [0, 0.05) is 0 Å². The van der Waals surface area contributed by atoms with Crippen molar-refractivity contribution in [1.29, 1.82) is 5.26 Å². The standard InChI is InChI=1S/C18H19NO3/c1-2-11-20-16-7-9-17(10-8-16)21-12-13-22-18-6-4-3-5-15(18)14-19/h3-10H,2,11-13H2,1H3. The average Bonchev–Trinajstić information content (AvgIpc) is 2.58. The predicted molar refractivity (Wildman–Crippen MR) is 84.4 cm³/mol. The lowest BCUT2D eigenvalue weighted by atomic mass is 10.2. The molecule has 0 aliphatic rings. The highest BCUT2D eigenvalue weighted by Crippen LogP contribution is 2.18. The van der Waals surface area contributed by atoms with Gasteiger partial charge in [0.2, 0.25) is 0 Å². The number of nitriles is 1. The molecule has 0 saturated carbocycles. The molecule has 0 heterocycles. The van der Waals surface area contributed by atoms with E-state index in [1.54, 1.807) is 12.1 Å². The van der Waals surface area contributed by atoms with E-state index >= 15 is 0 Å². The Hall–Kier alpha value is -2.67. The van der Waals surface area contributed by atoms with Crippen molar-refractivity contribution in [3.8, 4) is 23.3 Å². The Morgan fingerprint density at radius 2 is 1.41 bits per heavy atom. The molecular weight excluding hydrogens is 278 g/mol. The quantitative estimate of drug-likeness (QED) is 0.695. The number of ether oxygens (including phenoxy) is 3. The van der Waals surface area contributed by atoms with E-state index in [-0.39, 0.29) is 0 Å². The van der Waals surface area contributed by atoms with Crippen molar-refractivity contribution in [3.63, 3.8) is 0 Å². The van der Waals surface area contributed by atoms with Crippen molar-refractivity contribution in [2.24, 2.45) is 0 Å². The highest BCUT2D eigenvalue weighted by Gasteiger charge is 2.01. The van der Waals surface area contributed by atoms with Gasteiger partial charge >= 0.3 is 0 Å². The second-order valence-electron chi connectivity index (χ2n) is 4.62. The average molecular weight is 297 g/mol. The molecule has 4 nitrogen and oxygen atoms in total. The normalized spacial score (nSPS) is 9.82. The number of benzene rings is 2. The van der Waals surface area contributed by atoms with Crippen molar-refractivity contribution in [3.05, 3.63) is 54.1 Å². The molecule has 2 aromatic carbocycles. The monoisotopic (exact) mass is 297 g/mol. The summed E-state index contributed by atoms with van der Waals surface area (Å²) in [7, 11) is 0. The van der Waals surface area contributed by atoms with Crippen LogP contribution < -0.4 is 14.2 Å². The largest absolute Gasteiger partial charge is 0.494 e. The molecule has 2 aromatic rings. The molecule has 4 heteroatoms. The summed E-state index contributed by atoms with van der Waals surface area (Å²) in [6, 6.07) is 16.8. The number of hydrogen-bond acceptors (Lipinski definition) is 4. The Morgan fingerprint density at radius 1 is 0.818 bits per heavy atom. The fourth-order valence-corrected chi connectivity index (χ4v) is 1.85. The predicted octanol–water partition coefficient (Wildman–Crippen LogP) is 3.80. The van der Waals surface area contributed by atoms with Crippen molar-refractivity contribution in [2.45, 2.75) is 13.3 Å². The fraction of sp³-hybridized carbons (Fsp3) is 0.278. The summed E-state index contributed by atoms with van der Waals surface area (Å²) >= 11 is 0. The van der Waals surface area contributed by atoms with Crippen molar-refractivity contribution >= 4 is 0 Å². The molecule has 0 unspecified atom stereocenters. The maximum absolute atomic E-state index is 8.97. The van der Waals surface area contributed by atoms with E-state index in [0.717, 1.165) is 17.9 Å². The van der Waals surface area contributed by atoms with Crippen LogP contribution in [0, 0.1) is 11.3 Å². The molecule has 0 saturated heterocycles. The van der Waals surface area contributed by atoms with Crippen LogP contribution in [0.25, 0.3) is 0 Å². The second kappa shape index (κ2) is 8.58. The zero-order valence-electron chi connectivity index (χ0n) is 12.6. The fourth-order valence-electron chi connectivity index (χ4n) is 1.85. The van der Waals surface area contributed by atoms with Crippen LogP contribution in [0.4, 0.5) is 0 Å². The summed E-state index contributed by atoms with van der Waals surface area (Å²) in [6.07, 6.45) is 0.986. The van der Waals surface area contributed by atoms with E-state index in [1.165, 1.54) is 0 Å². The molecule has 0 aliphatic heterocycles. The van der Waals surface area contributed by atoms with Gasteiger partial charge in [0.15, 0.2) is 0 Å². The maximum Gasteiger partial charge on any atom is 0.137 e. The Morgan fingerprint density at radius 3 is 2.05 bits per heavy atom. The summed E-state index contributed by atoms with van der Waals surface area (Å²) in [4.78, 5) is 0. The van der Waals surface area contributed by atoms with Gasteiger partial charge in [-0.25, -0.2) is 0 Å². The van der Waals surface area contributed by atoms with Gasteiger partial charge in [-0.2, -0.15) is 5.26 Å². The molecule has 0 aromatic heterocycles. The maximum atomic E-state index is 8.97. The van der Waals surface area contributed by atoms with E-state index in [9.17, 15) is 0 Å². The number of nitrogens with zero attached hydrogens (tertiary/aromatic N) is 1. The first-order chi connectivity index (χ1) is 10.8. The third kappa shape index (κ3) is 4.71. The Bertz CT molecular complexity index is 617. The van der Waals surface area contributed by atoms with Crippen LogP contribution in [-0.2, 0) is 0 Å². The van der Waals surface area contributed by atoms with E-state index in [2.05, 4.69) is 13.0 Å². The minimum absolute atomic E-state index is 0.382. The number of para-hydroxylation sites is 1. The van der Waals surface area contributed by atoms with Gasteiger partial charge in [-0.3, -0.25) is 0 Å². The molecule has 2 rings (SSSR count). The molecule has 0 amide bonds. The van der Waals surface area contributed by atoms with E-state index in [1.807, 2.05) is 36.4 Å². The van der Waals surface area contributed by atoms with Crippen LogP contribution in [-0.4, -0.2) is 19.8 Å². The molecule has 0 atom stereocenters. The summed E-state index contributed by atoms with van der Waals surface area (Å²) in [5, 5.41) is 8.97. The molecule has 0 fully saturated rings. The molecule has 114 valence electrons. The first kappa shape index (κ1) is 15.7. The third-order valence-corrected chi connectivity index (χ3v) is 2.91. The minimum atomic E-state index is 0.382. The van der Waals surface area contributed by atoms with Crippen molar-refractivity contribution in [1.82, 2.24) is 0 Å². The van der Waals surface area contributed by atoms with Crippen LogP contribution in [0.2, 0.25) is 0 Å². The topological polar surface area (TPSA) is 51.5 Å². The molecule has 0 spiro atoms. The van der Waals surface area contributed by atoms with Crippen LogP contribution in [0.5, 0.6) is 17.2 Å². The van der Waals surface area contributed by atoms with E-state index in [4.69, 9.17) is 19.5 Å². The molecule has 0 aliphatic carbocycles. The highest BCUT2D eigenvalue weighted by atomic mass is 16.5. The number of hydrogen-bond donors (Lipinski definition) is 0. The second-order valence-corrected chi connectivity index (χ2v) is 4.62. The Labute approximate surface area is 130 Å². The van der Waals surface area contributed by atoms with Crippen molar-refractivity contribution < 1.29 is 14.2 Å². The zero-order valence-corrected chi connectivity index (χ0v) is 12.6. The van der Waals surface area contributed by atoms with Gasteiger partial charge < -0.3 is 14.2 Å². The summed E-state index contributed by atoms with van der Waals surface area (Å²) in [5.41, 5.74) is 0.528. The Balaban J connectivity index is 1.76. The summed E-state index contributed by atoms with van der Waals surface area (Å²) < 4.78 is 16.7. The molecular formula is C18H19NO3. The summed E-state index contributed by atoms with van der Waals surface area (Å²) in [5.74, 6) is 2.19.